The largest absolute Gasteiger partial charge is 0.492 e. The first-order valence-corrected chi connectivity index (χ1v) is 14.0. The highest BCUT2D eigenvalue weighted by Gasteiger charge is 2.32. The van der Waals surface area contributed by atoms with Crippen LogP contribution in [0.4, 0.5) is 10.1 Å². The number of nitrogens with zero attached hydrogens (tertiary/aromatic N) is 2. The van der Waals surface area contributed by atoms with E-state index in [0.29, 0.717) is 30.9 Å². The van der Waals surface area contributed by atoms with Gasteiger partial charge < -0.3 is 15.0 Å². The smallest absolute Gasteiger partial charge is 0.244 e. The van der Waals surface area contributed by atoms with Gasteiger partial charge >= 0.3 is 0 Å². The van der Waals surface area contributed by atoms with Crippen LogP contribution in [0.5, 0.6) is 5.75 Å². The SMILES string of the molecule is CCCCNC(=O)[C@@H](CC)N(Cc1ccc(F)cc1)C(=O)CN(c1ccccc1OCC)S(C)(=O)=O. The molecular formula is C26H36FN3O5S. The van der Waals surface area contributed by atoms with Gasteiger partial charge in [-0.15, -0.1) is 0 Å². The Morgan fingerprint density at radius 3 is 2.31 bits per heavy atom. The van der Waals surface area contributed by atoms with Gasteiger partial charge in [0.2, 0.25) is 21.8 Å². The molecule has 0 aliphatic rings. The second kappa shape index (κ2) is 13.8. The number of benzene rings is 2. The zero-order valence-electron chi connectivity index (χ0n) is 21.4. The summed E-state index contributed by atoms with van der Waals surface area (Å²) in [6.45, 7) is 5.85. The number of nitrogens with one attached hydrogen (secondary N) is 1. The lowest BCUT2D eigenvalue weighted by Gasteiger charge is -2.33. The maximum atomic E-state index is 13.7. The van der Waals surface area contributed by atoms with Gasteiger partial charge in [0.15, 0.2) is 0 Å². The van der Waals surface area contributed by atoms with Crippen molar-refractivity contribution in [3.8, 4) is 5.75 Å². The van der Waals surface area contributed by atoms with Crippen LogP contribution < -0.4 is 14.4 Å². The summed E-state index contributed by atoms with van der Waals surface area (Å²) in [5, 5.41) is 2.86. The Morgan fingerprint density at radius 2 is 1.72 bits per heavy atom. The van der Waals surface area contributed by atoms with E-state index in [1.54, 1.807) is 38.1 Å². The molecule has 10 heteroatoms. The molecule has 0 aromatic heterocycles. The number of carbonyl (C=O) groups is 2. The van der Waals surface area contributed by atoms with Crippen LogP contribution >= 0.6 is 0 Å². The molecule has 0 unspecified atom stereocenters. The molecule has 0 fully saturated rings. The predicted octanol–water partition coefficient (Wildman–Crippen LogP) is 3.71. The highest BCUT2D eigenvalue weighted by molar-refractivity contribution is 7.92. The summed E-state index contributed by atoms with van der Waals surface area (Å²) in [7, 11) is -3.88. The number of ether oxygens (including phenoxy) is 1. The van der Waals surface area contributed by atoms with Crippen molar-refractivity contribution in [1.29, 1.82) is 0 Å². The molecule has 0 aliphatic carbocycles. The number of para-hydroxylation sites is 2. The molecule has 2 aromatic carbocycles. The normalized spacial score (nSPS) is 12.0. The van der Waals surface area contributed by atoms with Gasteiger partial charge in [-0.2, -0.15) is 0 Å². The number of unbranched alkanes of at least 4 members (excludes halogenated alkanes) is 1. The molecule has 2 aromatic rings. The van der Waals surface area contributed by atoms with E-state index < -0.39 is 34.3 Å². The Balaban J connectivity index is 2.44. The van der Waals surface area contributed by atoms with Gasteiger partial charge in [-0.3, -0.25) is 13.9 Å². The summed E-state index contributed by atoms with van der Waals surface area (Å²) in [6.07, 6.45) is 3.03. The lowest BCUT2D eigenvalue weighted by Crippen LogP contribution is -2.52. The van der Waals surface area contributed by atoms with Gasteiger partial charge in [0.05, 0.1) is 18.6 Å². The van der Waals surface area contributed by atoms with Crippen LogP contribution in [0.25, 0.3) is 0 Å². The third kappa shape index (κ3) is 8.22. The summed E-state index contributed by atoms with van der Waals surface area (Å²) in [6, 6.07) is 11.4. The van der Waals surface area contributed by atoms with Gasteiger partial charge in [0.25, 0.3) is 0 Å². The molecule has 0 saturated carbocycles. The van der Waals surface area contributed by atoms with Crippen LogP contribution in [0, 0.1) is 5.82 Å². The number of rotatable bonds is 14. The Labute approximate surface area is 213 Å². The monoisotopic (exact) mass is 521 g/mol. The van der Waals surface area contributed by atoms with E-state index in [0.717, 1.165) is 23.4 Å². The topological polar surface area (TPSA) is 96.0 Å². The number of sulfonamides is 1. The lowest BCUT2D eigenvalue weighted by atomic mass is 10.1. The quantitative estimate of drug-likeness (QED) is 0.383. The Kier molecular flexibility index (Phi) is 11.2. The highest BCUT2D eigenvalue weighted by Crippen LogP contribution is 2.30. The number of amides is 2. The van der Waals surface area contributed by atoms with Gasteiger partial charge in [-0.1, -0.05) is 44.5 Å². The average molecular weight is 522 g/mol. The molecule has 2 rings (SSSR count). The van der Waals surface area contributed by atoms with Crippen molar-refractivity contribution in [3.63, 3.8) is 0 Å². The van der Waals surface area contributed by atoms with E-state index in [1.165, 1.54) is 29.2 Å². The van der Waals surface area contributed by atoms with Crippen molar-refractivity contribution in [2.75, 3.05) is 30.3 Å². The summed E-state index contributed by atoms with van der Waals surface area (Å²) < 4.78 is 45.6. The molecule has 0 spiro atoms. The molecule has 0 radical (unpaired) electrons. The van der Waals surface area contributed by atoms with Crippen molar-refractivity contribution in [1.82, 2.24) is 10.2 Å². The number of carbonyl (C=O) groups excluding carboxylic acids is 2. The maximum Gasteiger partial charge on any atom is 0.244 e. The summed E-state index contributed by atoms with van der Waals surface area (Å²) in [4.78, 5) is 28.0. The minimum Gasteiger partial charge on any atom is -0.492 e. The number of anilines is 1. The van der Waals surface area contributed by atoms with Crippen molar-refractivity contribution < 1.29 is 27.1 Å². The van der Waals surface area contributed by atoms with Crippen LogP contribution in [0.15, 0.2) is 48.5 Å². The first-order chi connectivity index (χ1) is 17.1. The molecule has 1 N–H and O–H groups in total. The molecule has 1 atom stereocenters. The van der Waals surface area contributed by atoms with Crippen LogP contribution in [0.2, 0.25) is 0 Å². The van der Waals surface area contributed by atoms with E-state index >= 15 is 0 Å². The first-order valence-electron chi connectivity index (χ1n) is 12.1. The van der Waals surface area contributed by atoms with Gasteiger partial charge in [-0.05, 0) is 49.6 Å². The standard InChI is InChI=1S/C26H36FN3O5S/c1-5-8-17-28-26(32)22(6-2)29(18-20-13-15-21(27)16-14-20)25(31)19-30(36(4,33)34)23-11-9-10-12-24(23)35-7-3/h9-16,22H,5-8,17-19H2,1-4H3,(H,28,32)/t22-/m1/s1. The Morgan fingerprint density at radius 1 is 1.06 bits per heavy atom. The van der Waals surface area contributed by atoms with E-state index in [9.17, 15) is 22.4 Å². The van der Waals surface area contributed by atoms with Crippen LogP contribution in [0.1, 0.15) is 45.6 Å². The zero-order chi connectivity index (χ0) is 26.7. The fraction of sp³-hybridized carbons (Fsp3) is 0.462. The van der Waals surface area contributed by atoms with E-state index in [1.807, 2.05) is 6.92 Å². The number of hydrogen-bond acceptors (Lipinski definition) is 5. The molecular weight excluding hydrogens is 485 g/mol. The first kappa shape index (κ1) is 29.1. The lowest BCUT2D eigenvalue weighted by molar-refractivity contribution is -0.140. The van der Waals surface area contributed by atoms with E-state index in [-0.39, 0.29) is 18.1 Å². The molecule has 36 heavy (non-hydrogen) atoms. The van der Waals surface area contributed by atoms with Gasteiger partial charge in [0, 0.05) is 13.1 Å². The summed E-state index contributed by atoms with van der Waals surface area (Å²) >= 11 is 0. The summed E-state index contributed by atoms with van der Waals surface area (Å²) in [5.74, 6) is -0.972. The van der Waals surface area contributed by atoms with Gasteiger partial charge in [0.1, 0.15) is 24.2 Å². The molecule has 0 heterocycles. The second-order valence-corrected chi connectivity index (χ2v) is 10.3. The molecule has 0 saturated heterocycles. The number of hydrogen-bond donors (Lipinski definition) is 1. The summed E-state index contributed by atoms with van der Waals surface area (Å²) in [5.41, 5.74) is 0.850. The predicted molar refractivity (Wildman–Crippen MR) is 139 cm³/mol. The minimum atomic E-state index is -3.88. The Hall–Kier alpha value is -3.14. The van der Waals surface area contributed by atoms with Crippen LogP contribution in [-0.4, -0.2) is 57.1 Å². The third-order valence-corrected chi connectivity index (χ3v) is 6.72. The highest BCUT2D eigenvalue weighted by atomic mass is 32.2. The number of halogens is 1. The maximum absolute atomic E-state index is 13.7. The molecule has 2 amide bonds. The van der Waals surface area contributed by atoms with Crippen molar-refractivity contribution in [2.45, 2.75) is 52.6 Å². The second-order valence-electron chi connectivity index (χ2n) is 8.39. The fourth-order valence-corrected chi connectivity index (χ4v) is 4.60. The molecule has 198 valence electrons. The van der Waals surface area contributed by atoms with Crippen molar-refractivity contribution in [2.24, 2.45) is 0 Å². The Bertz CT molecular complexity index is 1110. The van der Waals surface area contributed by atoms with Crippen molar-refractivity contribution in [3.05, 3.63) is 59.9 Å². The van der Waals surface area contributed by atoms with E-state index in [2.05, 4.69) is 5.32 Å². The van der Waals surface area contributed by atoms with Crippen LogP contribution in [-0.2, 0) is 26.2 Å². The average Bonchev–Trinajstić information content (AvgIpc) is 2.83. The van der Waals surface area contributed by atoms with Crippen LogP contribution in [0.3, 0.4) is 0 Å². The van der Waals surface area contributed by atoms with Gasteiger partial charge in [-0.25, -0.2) is 12.8 Å². The fourth-order valence-electron chi connectivity index (χ4n) is 3.75. The molecule has 0 bridgehead atoms. The minimum absolute atomic E-state index is 0.0174. The molecule has 0 aliphatic heterocycles. The van der Waals surface area contributed by atoms with Crippen molar-refractivity contribution >= 4 is 27.5 Å². The third-order valence-electron chi connectivity index (χ3n) is 5.59. The molecule has 8 nitrogen and oxygen atoms in total. The van der Waals surface area contributed by atoms with E-state index in [4.69, 9.17) is 4.74 Å². The zero-order valence-corrected chi connectivity index (χ0v) is 22.2.